The first-order chi connectivity index (χ1) is 12.2. The van der Waals surface area contributed by atoms with Crippen LogP contribution in [0.1, 0.15) is 76.7 Å². The number of unbranched alkanes of at least 4 members (excludes halogenated alkanes) is 9. The first-order valence-electron chi connectivity index (χ1n) is 10.0. The molecule has 4 heteroatoms. The predicted octanol–water partition coefficient (Wildman–Crippen LogP) is 4.37. The van der Waals surface area contributed by atoms with Crippen molar-refractivity contribution in [2.75, 3.05) is 11.9 Å². The molecule has 0 heterocycles. The Balaban J connectivity index is 2.09. The number of benzene rings is 1. The van der Waals surface area contributed by atoms with Crippen LogP contribution in [0.4, 0.5) is 5.69 Å². The van der Waals surface area contributed by atoms with Gasteiger partial charge in [-0.15, -0.1) is 0 Å². The Morgan fingerprint density at radius 3 is 1.96 bits per heavy atom. The number of carbonyl (C=O) groups excluding carboxylic acids is 1. The van der Waals surface area contributed by atoms with Gasteiger partial charge >= 0.3 is 0 Å². The summed E-state index contributed by atoms with van der Waals surface area (Å²) in [4.78, 5) is 11.7. The summed E-state index contributed by atoms with van der Waals surface area (Å²) < 4.78 is 0. The van der Waals surface area contributed by atoms with E-state index in [9.17, 15) is 4.79 Å². The Kier molecular flexibility index (Phi) is 12.0. The molecule has 0 radical (unpaired) electrons. The maximum Gasteiger partial charge on any atom is 0.242 e. The normalized spacial score (nSPS) is 12.1. The fourth-order valence-electron chi connectivity index (χ4n) is 2.91. The number of nitrogens with one attached hydrogen (secondary N) is 1. The maximum absolute atomic E-state index is 11.7. The average molecular weight is 348 g/mol. The van der Waals surface area contributed by atoms with E-state index in [1.807, 2.05) is 12.1 Å². The predicted molar refractivity (Wildman–Crippen MR) is 108 cm³/mol. The molecule has 142 valence electrons. The Bertz CT molecular complexity index is 459. The molecule has 25 heavy (non-hydrogen) atoms. The minimum atomic E-state index is -0.647. The molecule has 0 saturated carbocycles. The molecule has 1 atom stereocenters. The number of rotatable bonds is 14. The molecule has 4 nitrogen and oxygen atoms in total. The van der Waals surface area contributed by atoms with Gasteiger partial charge in [0.2, 0.25) is 5.91 Å². The lowest BCUT2D eigenvalue weighted by atomic mass is 10.0. The van der Waals surface area contributed by atoms with Gasteiger partial charge in [-0.25, -0.2) is 0 Å². The quantitative estimate of drug-likeness (QED) is 0.437. The van der Waals surface area contributed by atoms with Crippen LogP contribution in [0.15, 0.2) is 24.3 Å². The van der Waals surface area contributed by atoms with Crippen molar-refractivity contribution in [1.82, 2.24) is 0 Å². The van der Waals surface area contributed by atoms with Crippen molar-refractivity contribution in [2.45, 2.75) is 83.6 Å². The van der Waals surface area contributed by atoms with Gasteiger partial charge in [-0.05, 0) is 30.5 Å². The van der Waals surface area contributed by atoms with E-state index in [0.717, 1.165) is 12.1 Å². The summed E-state index contributed by atoms with van der Waals surface area (Å²) >= 11 is 0. The van der Waals surface area contributed by atoms with Gasteiger partial charge in [0, 0.05) is 12.2 Å². The van der Waals surface area contributed by atoms with Gasteiger partial charge in [0.05, 0.1) is 6.04 Å². The zero-order valence-electron chi connectivity index (χ0n) is 15.9. The Morgan fingerprint density at radius 2 is 1.44 bits per heavy atom. The third kappa shape index (κ3) is 10.3. The van der Waals surface area contributed by atoms with E-state index in [4.69, 9.17) is 11.5 Å². The first-order valence-corrected chi connectivity index (χ1v) is 10.0. The summed E-state index contributed by atoms with van der Waals surface area (Å²) in [5.41, 5.74) is 13.1. The SMILES string of the molecule is CCCCCCCCCCCCc1ccc(NC(=O)[C@H](N)CN)cc1. The van der Waals surface area contributed by atoms with Crippen LogP contribution in [-0.2, 0) is 11.2 Å². The average Bonchev–Trinajstić information content (AvgIpc) is 2.63. The van der Waals surface area contributed by atoms with E-state index < -0.39 is 6.04 Å². The van der Waals surface area contributed by atoms with Crippen molar-refractivity contribution < 1.29 is 4.79 Å². The number of aryl methyl sites for hydroxylation is 1. The van der Waals surface area contributed by atoms with Crippen LogP contribution < -0.4 is 16.8 Å². The lowest BCUT2D eigenvalue weighted by Crippen LogP contribution is -2.41. The fraction of sp³-hybridized carbons (Fsp3) is 0.667. The first kappa shape index (κ1) is 21.7. The van der Waals surface area contributed by atoms with Crippen molar-refractivity contribution in [3.05, 3.63) is 29.8 Å². The summed E-state index contributed by atoms with van der Waals surface area (Å²) in [5, 5.41) is 2.78. The molecule has 0 aliphatic carbocycles. The van der Waals surface area contributed by atoms with Crippen LogP contribution in [-0.4, -0.2) is 18.5 Å². The zero-order valence-corrected chi connectivity index (χ0v) is 15.9. The van der Waals surface area contributed by atoms with Crippen LogP contribution in [0.3, 0.4) is 0 Å². The second-order valence-corrected chi connectivity index (χ2v) is 6.96. The van der Waals surface area contributed by atoms with Crippen LogP contribution in [0.25, 0.3) is 0 Å². The Morgan fingerprint density at radius 1 is 0.920 bits per heavy atom. The van der Waals surface area contributed by atoms with Gasteiger partial charge in [0.1, 0.15) is 0 Å². The molecule has 0 unspecified atom stereocenters. The molecule has 1 rings (SSSR count). The van der Waals surface area contributed by atoms with Crippen LogP contribution in [0.5, 0.6) is 0 Å². The highest BCUT2D eigenvalue weighted by atomic mass is 16.2. The third-order valence-corrected chi connectivity index (χ3v) is 4.63. The standard InChI is InChI=1S/C21H37N3O/c1-2-3-4-5-6-7-8-9-10-11-12-18-13-15-19(16-14-18)24-21(25)20(23)17-22/h13-16,20H,2-12,17,22-23H2,1H3,(H,24,25)/t20-/m1/s1. The summed E-state index contributed by atoms with van der Waals surface area (Å²) in [6.07, 6.45) is 14.7. The fourth-order valence-corrected chi connectivity index (χ4v) is 2.91. The van der Waals surface area contributed by atoms with Crippen molar-refractivity contribution in [2.24, 2.45) is 11.5 Å². The molecule has 5 N–H and O–H groups in total. The molecule has 0 aliphatic rings. The molecular weight excluding hydrogens is 310 g/mol. The number of anilines is 1. The number of hydrogen-bond acceptors (Lipinski definition) is 3. The van der Waals surface area contributed by atoms with Crippen LogP contribution >= 0.6 is 0 Å². The Hall–Kier alpha value is -1.39. The van der Waals surface area contributed by atoms with Crippen molar-refractivity contribution in [1.29, 1.82) is 0 Å². The third-order valence-electron chi connectivity index (χ3n) is 4.63. The molecule has 0 fully saturated rings. The molecule has 1 amide bonds. The Labute approximate surface area is 153 Å². The van der Waals surface area contributed by atoms with Crippen LogP contribution in [0.2, 0.25) is 0 Å². The van der Waals surface area contributed by atoms with E-state index in [2.05, 4.69) is 24.4 Å². The molecule has 1 aromatic carbocycles. The highest BCUT2D eigenvalue weighted by molar-refractivity contribution is 5.94. The summed E-state index contributed by atoms with van der Waals surface area (Å²) in [6.45, 7) is 2.42. The monoisotopic (exact) mass is 347 g/mol. The molecule has 0 aliphatic heterocycles. The van der Waals surface area contributed by atoms with Crippen molar-refractivity contribution in [3.63, 3.8) is 0 Å². The summed E-state index contributed by atoms with van der Waals surface area (Å²) in [7, 11) is 0. The highest BCUT2D eigenvalue weighted by Gasteiger charge is 2.10. The van der Waals surface area contributed by atoms with E-state index >= 15 is 0 Å². The van der Waals surface area contributed by atoms with Crippen molar-refractivity contribution >= 4 is 11.6 Å². The number of hydrogen-bond donors (Lipinski definition) is 3. The van der Waals surface area contributed by atoms with Gasteiger partial charge in [0.15, 0.2) is 0 Å². The molecule has 0 spiro atoms. The molecule has 0 bridgehead atoms. The number of nitrogens with two attached hydrogens (primary N) is 2. The highest BCUT2D eigenvalue weighted by Crippen LogP contribution is 2.14. The molecular formula is C21H37N3O. The van der Waals surface area contributed by atoms with Gasteiger partial charge < -0.3 is 16.8 Å². The molecule has 1 aromatic rings. The zero-order chi connectivity index (χ0) is 18.3. The van der Waals surface area contributed by atoms with E-state index in [-0.39, 0.29) is 12.5 Å². The second-order valence-electron chi connectivity index (χ2n) is 6.96. The van der Waals surface area contributed by atoms with Gasteiger partial charge in [0.25, 0.3) is 0 Å². The lowest BCUT2D eigenvalue weighted by molar-refractivity contribution is -0.117. The summed E-state index contributed by atoms with van der Waals surface area (Å²) in [6, 6.07) is 7.39. The topological polar surface area (TPSA) is 81.1 Å². The van der Waals surface area contributed by atoms with E-state index in [1.165, 1.54) is 69.8 Å². The van der Waals surface area contributed by atoms with E-state index in [0.29, 0.717) is 0 Å². The minimum absolute atomic E-state index is 0.155. The maximum atomic E-state index is 11.7. The minimum Gasteiger partial charge on any atom is -0.328 e. The van der Waals surface area contributed by atoms with Crippen molar-refractivity contribution in [3.8, 4) is 0 Å². The summed E-state index contributed by atoms with van der Waals surface area (Å²) in [5.74, 6) is -0.232. The van der Waals surface area contributed by atoms with Crippen LogP contribution in [0, 0.1) is 0 Å². The lowest BCUT2D eigenvalue weighted by Gasteiger charge is -2.10. The smallest absolute Gasteiger partial charge is 0.242 e. The number of carbonyl (C=O) groups is 1. The van der Waals surface area contributed by atoms with E-state index in [1.54, 1.807) is 0 Å². The van der Waals surface area contributed by atoms with Gasteiger partial charge in [-0.1, -0.05) is 76.8 Å². The molecule has 0 saturated heterocycles. The molecule has 0 aromatic heterocycles. The second kappa shape index (κ2) is 13.9. The number of amides is 1. The van der Waals surface area contributed by atoms with Gasteiger partial charge in [-0.2, -0.15) is 0 Å². The largest absolute Gasteiger partial charge is 0.328 e. The van der Waals surface area contributed by atoms with Gasteiger partial charge in [-0.3, -0.25) is 4.79 Å².